The van der Waals surface area contributed by atoms with Crippen LogP contribution in [0, 0.1) is 6.92 Å². The fourth-order valence-corrected chi connectivity index (χ4v) is 1.17. The van der Waals surface area contributed by atoms with Crippen LogP contribution in [0.4, 0.5) is 11.8 Å². The Morgan fingerprint density at radius 3 is 2.73 bits per heavy atom. The monoisotopic (exact) mass is 209 g/mol. The van der Waals surface area contributed by atoms with E-state index < -0.39 is 0 Å². The molecule has 0 aliphatic rings. The van der Waals surface area contributed by atoms with Crippen LogP contribution in [0.25, 0.3) is 0 Å². The molecule has 0 fully saturated rings. The molecule has 1 amide bonds. The third kappa shape index (κ3) is 3.08. The molecule has 4 N–H and O–H groups in total. The summed E-state index contributed by atoms with van der Waals surface area (Å²) in [6, 6.07) is 1.37. The molecule has 1 heterocycles. The van der Waals surface area contributed by atoms with Gasteiger partial charge in [0.1, 0.15) is 11.9 Å². The average Bonchev–Trinajstić information content (AvgIpc) is 2.14. The number of anilines is 2. The number of amides is 1. The number of hydrogen-bond acceptors (Lipinski definition) is 5. The van der Waals surface area contributed by atoms with Crippen molar-refractivity contribution in [2.45, 2.75) is 19.9 Å². The summed E-state index contributed by atoms with van der Waals surface area (Å²) in [7, 11) is 1.58. The predicted molar refractivity (Wildman–Crippen MR) is 58.3 cm³/mol. The molecule has 0 aliphatic heterocycles. The van der Waals surface area contributed by atoms with Crippen molar-refractivity contribution in [2.24, 2.45) is 0 Å². The minimum absolute atomic E-state index is 0.107. The molecule has 1 unspecified atom stereocenters. The van der Waals surface area contributed by atoms with E-state index in [0.717, 1.165) is 5.69 Å². The Balaban J connectivity index is 2.76. The Kier molecular flexibility index (Phi) is 3.43. The summed E-state index contributed by atoms with van der Waals surface area (Å²) < 4.78 is 0. The molecule has 0 bridgehead atoms. The lowest BCUT2D eigenvalue weighted by Crippen LogP contribution is -2.35. The quantitative estimate of drug-likeness (QED) is 0.647. The highest BCUT2D eigenvalue weighted by Crippen LogP contribution is 2.08. The topological polar surface area (TPSA) is 92.9 Å². The first kappa shape index (κ1) is 11.2. The Morgan fingerprint density at radius 1 is 1.53 bits per heavy atom. The first-order chi connectivity index (χ1) is 7.02. The molecule has 6 nitrogen and oxygen atoms in total. The molecule has 1 rings (SSSR count). The largest absolute Gasteiger partial charge is 0.368 e. The number of nitrogens with one attached hydrogen (secondary N) is 2. The van der Waals surface area contributed by atoms with Gasteiger partial charge in [-0.15, -0.1) is 0 Å². The highest BCUT2D eigenvalue weighted by Gasteiger charge is 2.11. The molecule has 0 spiro atoms. The van der Waals surface area contributed by atoms with Crippen LogP contribution in [0.2, 0.25) is 0 Å². The molecular formula is C9H15N5O. The smallest absolute Gasteiger partial charge is 0.241 e. The summed E-state index contributed by atoms with van der Waals surface area (Å²) in [5.41, 5.74) is 6.24. The maximum Gasteiger partial charge on any atom is 0.241 e. The minimum Gasteiger partial charge on any atom is -0.368 e. The van der Waals surface area contributed by atoms with Crippen molar-refractivity contribution in [3.05, 3.63) is 11.8 Å². The van der Waals surface area contributed by atoms with Crippen LogP contribution >= 0.6 is 0 Å². The molecule has 1 aromatic rings. The van der Waals surface area contributed by atoms with Crippen molar-refractivity contribution in [3.8, 4) is 0 Å². The van der Waals surface area contributed by atoms with Gasteiger partial charge in [0.05, 0.1) is 0 Å². The number of rotatable bonds is 3. The number of likely N-dealkylation sites (N-methyl/N-ethyl adjacent to an activating group) is 1. The number of nitrogen functional groups attached to an aromatic ring is 1. The summed E-state index contributed by atoms with van der Waals surface area (Å²) in [4.78, 5) is 19.1. The molecule has 1 atom stereocenters. The minimum atomic E-state index is -0.358. The van der Waals surface area contributed by atoms with E-state index in [1.807, 2.05) is 6.92 Å². The SMILES string of the molecule is CNC(=O)C(C)Nc1cc(C)nc(N)n1. The van der Waals surface area contributed by atoms with E-state index in [4.69, 9.17) is 5.73 Å². The maximum absolute atomic E-state index is 11.2. The van der Waals surface area contributed by atoms with Crippen LogP contribution in [0.5, 0.6) is 0 Å². The van der Waals surface area contributed by atoms with Crippen molar-refractivity contribution in [1.82, 2.24) is 15.3 Å². The van der Waals surface area contributed by atoms with Crippen molar-refractivity contribution in [3.63, 3.8) is 0 Å². The lowest BCUT2D eigenvalue weighted by molar-refractivity contribution is -0.121. The standard InChI is InChI=1S/C9H15N5O/c1-5-4-7(14-9(10)12-5)13-6(2)8(15)11-3/h4,6H,1-3H3,(H,11,15)(H3,10,12,13,14). The van der Waals surface area contributed by atoms with Crippen LogP contribution in [0.3, 0.4) is 0 Å². The van der Waals surface area contributed by atoms with E-state index in [0.29, 0.717) is 5.82 Å². The average molecular weight is 209 g/mol. The van der Waals surface area contributed by atoms with Crippen LogP contribution in [-0.2, 0) is 4.79 Å². The van der Waals surface area contributed by atoms with Gasteiger partial charge in [-0.25, -0.2) is 4.98 Å². The number of aryl methyl sites for hydroxylation is 1. The van der Waals surface area contributed by atoms with Gasteiger partial charge < -0.3 is 16.4 Å². The fraction of sp³-hybridized carbons (Fsp3) is 0.444. The van der Waals surface area contributed by atoms with Gasteiger partial charge in [-0.2, -0.15) is 4.98 Å². The highest BCUT2D eigenvalue weighted by molar-refractivity contribution is 5.83. The van der Waals surface area contributed by atoms with Gasteiger partial charge in [-0.1, -0.05) is 0 Å². The van der Waals surface area contributed by atoms with Gasteiger partial charge in [0, 0.05) is 18.8 Å². The third-order valence-corrected chi connectivity index (χ3v) is 1.88. The van der Waals surface area contributed by atoms with Gasteiger partial charge >= 0.3 is 0 Å². The molecule has 0 saturated heterocycles. The van der Waals surface area contributed by atoms with Crippen molar-refractivity contribution in [2.75, 3.05) is 18.1 Å². The molecule has 15 heavy (non-hydrogen) atoms. The van der Waals surface area contributed by atoms with Gasteiger partial charge in [0.2, 0.25) is 11.9 Å². The molecule has 0 aromatic carbocycles. The van der Waals surface area contributed by atoms with Crippen LogP contribution in [0.15, 0.2) is 6.07 Å². The van der Waals surface area contributed by atoms with Gasteiger partial charge in [0.25, 0.3) is 0 Å². The number of hydrogen-bond donors (Lipinski definition) is 3. The second kappa shape index (κ2) is 4.59. The second-order valence-electron chi connectivity index (χ2n) is 3.23. The Hall–Kier alpha value is -1.85. The predicted octanol–water partition coefficient (Wildman–Crippen LogP) is -0.0864. The number of aromatic nitrogens is 2. The maximum atomic E-state index is 11.2. The molecule has 6 heteroatoms. The van der Waals surface area contributed by atoms with E-state index >= 15 is 0 Å². The zero-order valence-corrected chi connectivity index (χ0v) is 9.03. The Morgan fingerprint density at radius 2 is 2.20 bits per heavy atom. The third-order valence-electron chi connectivity index (χ3n) is 1.88. The summed E-state index contributed by atoms with van der Waals surface area (Å²) >= 11 is 0. The summed E-state index contributed by atoms with van der Waals surface area (Å²) in [6.07, 6.45) is 0. The normalized spacial score (nSPS) is 11.9. The zero-order chi connectivity index (χ0) is 11.4. The number of carbonyl (C=O) groups is 1. The Labute approximate surface area is 88.3 Å². The molecular weight excluding hydrogens is 194 g/mol. The van der Waals surface area contributed by atoms with E-state index in [1.54, 1.807) is 20.0 Å². The van der Waals surface area contributed by atoms with Gasteiger partial charge in [-0.05, 0) is 13.8 Å². The van der Waals surface area contributed by atoms with Crippen LogP contribution in [0.1, 0.15) is 12.6 Å². The first-order valence-electron chi connectivity index (χ1n) is 4.62. The van der Waals surface area contributed by atoms with Crippen molar-refractivity contribution in [1.29, 1.82) is 0 Å². The molecule has 0 saturated carbocycles. The van der Waals surface area contributed by atoms with E-state index in [2.05, 4.69) is 20.6 Å². The highest BCUT2D eigenvalue weighted by atomic mass is 16.2. The zero-order valence-electron chi connectivity index (χ0n) is 9.03. The van der Waals surface area contributed by atoms with Gasteiger partial charge in [-0.3, -0.25) is 4.79 Å². The lowest BCUT2D eigenvalue weighted by Gasteiger charge is -2.13. The first-order valence-corrected chi connectivity index (χ1v) is 4.62. The molecule has 0 radical (unpaired) electrons. The van der Waals surface area contributed by atoms with E-state index in [-0.39, 0.29) is 17.9 Å². The number of carbonyl (C=O) groups excluding carboxylic acids is 1. The van der Waals surface area contributed by atoms with Crippen LogP contribution in [-0.4, -0.2) is 29.0 Å². The summed E-state index contributed by atoms with van der Waals surface area (Å²) in [5.74, 6) is 0.641. The fourth-order valence-electron chi connectivity index (χ4n) is 1.17. The second-order valence-corrected chi connectivity index (χ2v) is 3.23. The van der Waals surface area contributed by atoms with E-state index in [1.165, 1.54) is 0 Å². The van der Waals surface area contributed by atoms with Crippen LogP contribution < -0.4 is 16.4 Å². The van der Waals surface area contributed by atoms with Crippen molar-refractivity contribution >= 4 is 17.7 Å². The molecule has 1 aromatic heterocycles. The van der Waals surface area contributed by atoms with E-state index in [9.17, 15) is 4.79 Å². The van der Waals surface area contributed by atoms with Gasteiger partial charge in [0.15, 0.2) is 0 Å². The number of nitrogens with two attached hydrogens (primary N) is 1. The molecule has 82 valence electrons. The summed E-state index contributed by atoms with van der Waals surface area (Å²) in [6.45, 7) is 3.56. The summed E-state index contributed by atoms with van der Waals surface area (Å²) in [5, 5.41) is 5.47. The Bertz CT molecular complexity index is 345. The number of nitrogens with zero attached hydrogens (tertiary/aromatic N) is 2. The van der Waals surface area contributed by atoms with Crippen molar-refractivity contribution < 1.29 is 4.79 Å². The molecule has 0 aliphatic carbocycles. The lowest BCUT2D eigenvalue weighted by atomic mass is 10.3.